The number of azide groups is 4. The molecule has 0 aromatic heterocycles. The first-order valence-electron chi connectivity index (χ1n) is 14.2. The molecule has 21 nitrogen and oxygen atoms in total. The van der Waals surface area contributed by atoms with Gasteiger partial charge in [-0.3, -0.25) is 19.2 Å². The Bertz CT molecular complexity index is 913. The molecule has 0 aliphatic carbocycles. The van der Waals surface area contributed by atoms with Gasteiger partial charge in [0.1, 0.15) is 5.78 Å². The van der Waals surface area contributed by atoms with Gasteiger partial charge in [0.05, 0.1) is 0 Å². The van der Waals surface area contributed by atoms with Crippen LogP contribution in [-0.2, 0) is 19.2 Å². The number of Topliss-reactive ketones (excluding diaryl/α,β-unsaturated/α-hetero) is 1. The van der Waals surface area contributed by atoms with E-state index in [4.69, 9.17) is 22.1 Å². The largest absolute Gasteiger partial charge is 0.356 e. The number of carbonyl (C=O) groups excluding carboxylic acids is 4. The van der Waals surface area contributed by atoms with E-state index in [0.29, 0.717) is 45.7 Å². The summed E-state index contributed by atoms with van der Waals surface area (Å²) < 4.78 is 0. The highest BCUT2D eigenvalue weighted by atomic mass is 16.2. The van der Waals surface area contributed by atoms with Gasteiger partial charge in [-0.2, -0.15) is 0 Å². The first kappa shape index (κ1) is 39.2. The molecule has 0 aromatic carbocycles. The van der Waals surface area contributed by atoms with Gasteiger partial charge in [-0.1, -0.05) is 20.5 Å². The van der Waals surface area contributed by atoms with Gasteiger partial charge in [0.15, 0.2) is 0 Å². The van der Waals surface area contributed by atoms with Crippen LogP contribution in [0.15, 0.2) is 20.5 Å². The van der Waals surface area contributed by atoms with Crippen molar-refractivity contribution in [3.63, 3.8) is 0 Å². The number of ketones is 1. The van der Waals surface area contributed by atoms with E-state index >= 15 is 0 Å². The van der Waals surface area contributed by atoms with Crippen molar-refractivity contribution in [3.05, 3.63) is 41.8 Å². The molecule has 0 spiro atoms. The zero-order valence-corrected chi connectivity index (χ0v) is 24.8. The Labute approximate surface area is 254 Å². The third-order valence-electron chi connectivity index (χ3n) is 5.97. The summed E-state index contributed by atoms with van der Waals surface area (Å²) >= 11 is 0. The van der Waals surface area contributed by atoms with Crippen molar-refractivity contribution in [1.29, 1.82) is 0 Å². The molecule has 0 rings (SSSR count). The van der Waals surface area contributed by atoms with Crippen molar-refractivity contribution < 1.29 is 19.2 Å². The van der Waals surface area contributed by atoms with Crippen molar-refractivity contribution in [2.45, 2.75) is 38.5 Å². The van der Waals surface area contributed by atoms with Crippen LogP contribution in [0.25, 0.3) is 41.8 Å². The second-order valence-electron chi connectivity index (χ2n) is 9.19. The first-order chi connectivity index (χ1) is 21.4. The summed E-state index contributed by atoms with van der Waals surface area (Å²) in [6, 6.07) is 0. The summed E-state index contributed by atoms with van der Waals surface area (Å²) in [5.74, 6) is -0.741. The van der Waals surface area contributed by atoms with Gasteiger partial charge < -0.3 is 25.8 Å². The van der Waals surface area contributed by atoms with Gasteiger partial charge in [0, 0.05) is 137 Å². The predicted octanol–water partition coefficient (Wildman–Crippen LogP) is 2.09. The van der Waals surface area contributed by atoms with Crippen LogP contribution in [0.1, 0.15) is 38.5 Å². The second kappa shape index (κ2) is 28.4. The third kappa shape index (κ3) is 25.0. The molecule has 0 saturated heterocycles. The summed E-state index contributed by atoms with van der Waals surface area (Å²) in [5.41, 5.74) is 33.5. The molecule has 21 heteroatoms. The number of nitrogens with one attached hydrogen (secondary N) is 3. The predicted molar refractivity (Wildman–Crippen MR) is 161 cm³/mol. The zero-order chi connectivity index (χ0) is 32.7. The van der Waals surface area contributed by atoms with E-state index in [-0.39, 0.29) is 101 Å². The number of hydrogen-bond acceptors (Lipinski definition) is 10. The molecule has 0 atom stereocenters. The SMILES string of the molecule is [N-]=[N+]=NCCCC(=O)CCN(CCC(=O)NCCN=[N+]=[N-])CCN(CCC(=O)NCCN=[N+]=[N-])CCC(=O)NCCN=[N+]=[N-]. The van der Waals surface area contributed by atoms with E-state index in [9.17, 15) is 19.2 Å². The molecule has 0 aliphatic heterocycles. The molecule has 242 valence electrons. The van der Waals surface area contributed by atoms with Gasteiger partial charge in [-0.15, -0.1) is 0 Å². The average molecular weight is 620 g/mol. The minimum Gasteiger partial charge on any atom is -0.356 e. The Kier molecular flexibility index (Phi) is 25.3. The monoisotopic (exact) mass is 619 g/mol. The first-order valence-corrected chi connectivity index (χ1v) is 14.2. The number of rotatable bonds is 28. The fourth-order valence-corrected chi connectivity index (χ4v) is 3.67. The van der Waals surface area contributed by atoms with Crippen LogP contribution in [-0.4, -0.2) is 118 Å². The maximum absolute atomic E-state index is 12.4. The lowest BCUT2D eigenvalue weighted by atomic mass is 10.1. The Balaban J connectivity index is 5.23. The fraction of sp³-hybridized carbons (Fsp3) is 0.826. The second-order valence-corrected chi connectivity index (χ2v) is 9.19. The third-order valence-corrected chi connectivity index (χ3v) is 5.97. The topological polar surface area (TPSA) is 306 Å². The summed E-state index contributed by atoms with van der Waals surface area (Å²) in [6.07, 6.45) is 1.35. The molecule has 0 fully saturated rings. The molecule has 0 radical (unpaired) electrons. The summed E-state index contributed by atoms with van der Waals surface area (Å²) in [6.45, 7) is 3.45. The molecule has 3 amide bonds. The van der Waals surface area contributed by atoms with E-state index in [2.05, 4.69) is 56.1 Å². The van der Waals surface area contributed by atoms with Gasteiger partial charge in [-0.25, -0.2) is 0 Å². The molecule has 3 N–H and O–H groups in total. The molecule has 0 aromatic rings. The highest BCUT2D eigenvalue weighted by Crippen LogP contribution is 2.03. The maximum Gasteiger partial charge on any atom is 0.221 e. The van der Waals surface area contributed by atoms with Crippen LogP contribution in [0.5, 0.6) is 0 Å². The normalized spacial score (nSPS) is 10.0. The minimum atomic E-state index is -0.248. The molecule has 0 saturated carbocycles. The van der Waals surface area contributed by atoms with Gasteiger partial charge in [-0.05, 0) is 28.5 Å². The van der Waals surface area contributed by atoms with E-state index in [1.54, 1.807) is 0 Å². The Morgan fingerprint density at radius 1 is 0.477 bits per heavy atom. The van der Waals surface area contributed by atoms with E-state index in [0.717, 1.165) is 0 Å². The van der Waals surface area contributed by atoms with Gasteiger partial charge in [0.2, 0.25) is 17.7 Å². The van der Waals surface area contributed by atoms with Crippen LogP contribution >= 0.6 is 0 Å². The quantitative estimate of drug-likeness (QED) is 0.0509. The summed E-state index contributed by atoms with van der Waals surface area (Å²) in [5, 5.41) is 21.5. The van der Waals surface area contributed by atoms with E-state index < -0.39 is 0 Å². The van der Waals surface area contributed by atoms with Gasteiger partial charge >= 0.3 is 0 Å². The van der Waals surface area contributed by atoms with Crippen molar-refractivity contribution in [3.8, 4) is 0 Å². The van der Waals surface area contributed by atoms with E-state index in [1.165, 1.54) is 0 Å². The lowest BCUT2D eigenvalue weighted by molar-refractivity contribution is -0.123. The standard InChI is InChI=1S/C23H41N17O4/c24-35-31-7-1-2-20(41)3-14-39(15-4-21(42)28-8-11-32-36-25)18-19-40(16-5-22(43)29-9-12-33-37-26)17-6-23(44)30-10-13-34-38-27/h1-19H2,(H,28,42)(H,29,43)(H,30,44). The van der Waals surface area contributed by atoms with Crippen molar-refractivity contribution >= 4 is 23.5 Å². The van der Waals surface area contributed by atoms with Crippen LogP contribution in [0, 0.1) is 0 Å². The smallest absolute Gasteiger partial charge is 0.221 e. The molecule has 0 heterocycles. The minimum absolute atomic E-state index is 0.00591. The van der Waals surface area contributed by atoms with Crippen LogP contribution in [0.4, 0.5) is 0 Å². The molecular weight excluding hydrogens is 578 g/mol. The molecular formula is C23H41N17O4. The Morgan fingerprint density at radius 2 is 0.818 bits per heavy atom. The van der Waals surface area contributed by atoms with Crippen LogP contribution in [0.2, 0.25) is 0 Å². The van der Waals surface area contributed by atoms with Crippen LogP contribution in [0.3, 0.4) is 0 Å². The Hall–Kier alpha value is -4.76. The summed E-state index contributed by atoms with van der Waals surface area (Å²) in [4.78, 5) is 63.6. The molecule has 0 unspecified atom stereocenters. The highest BCUT2D eigenvalue weighted by molar-refractivity contribution is 5.78. The molecule has 0 aliphatic rings. The zero-order valence-electron chi connectivity index (χ0n) is 24.8. The fourth-order valence-electron chi connectivity index (χ4n) is 3.67. The average Bonchev–Trinajstić information content (AvgIpc) is 3.02. The molecule has 0 bridgehead atoms. The Morgan fingerprint density at radius 3 is 1.18 bits per heavy atom. The number of amides is 3. The van der Waals surface area contributed by atoms with E-state index in [1.807, 2.05) is 9.80 Å². The highest BCUT2D eigenvalue weighted by Gasteiger charge is 2.15. The summed E-state index contributed by atoms with van der Waals surface area (Å²) in [7, 11) is 0. The van der Waals surface area contributed by atoms with Crippen LogP contribution < -0.4 is 16.0 Å². The van der Waals surface area contributed by atoms with Crippen molar-refractivity contribution in [2.24, 2.45) is 20.5 Å². The lowest BCUT2D eigenvalue weighted by Gasteiger charge is -2.27. The number of nitrogens with zero attached hydrogens (tertiary/aromatic N) is 14. The maximum atomic E-state index is 12.4. The molecule has 44 heavy (non-hydrogen) atoms. The van der Waals surface area contributed by atoms with Crippen molar-refractivity contribution in [2.75, 3.05) is 85.1 Å². The lowest BCUT2D eigenvalue weighted by Crippen LogP contribution is -2.41. The van der Waals surface area contributed by atoms with Gasteiger partial charge in [0.25, 0.3) is 0 Å². The number of carbonyl (C=O) groups is 4. The van der Waals surface area contributed by atoms with Crippen molar-refractivity contribution in [1.82, 2.24) is 25.8 Å². The number of hydrogen-bond donors (Lipinski definition) is 3.